The Hall–Kier alpha value is -0.570. The van der Waals surface area contributed by atoms with Crippen molar-refractivity contribution in [2.75, 3.05) is 13.1 Å². The summed E-state index contributed by atoms with van der Waals surface area (Å²) >= 11 is 0. The maximum atomic E-state index is 12.4. The molecule has 1 saturated carbocycles. The predicted octanol–water partition coefficient (Wildman–Crippen LogP) is 2.74. The van der Waals surface area contributed by atoms with Gasteiger partial charge in [0.05, 0.1) is 6.10 Å². The molecule has 3 nitrogen and oxygen atoms in total. The van der Waals surface area contributed by atoms with Gasteiger partial charge in [0.25, 0.3) is 5.91 Å². The minimum atomic E-state index is -0.141. The molecule has 0 aromatic rings. The fraction of sp³-hybridized carbons (Fsp3) is 0.933. The average molecular weight is 251 g/mol. The van der Waals surface area contributed by atoms with Gasteiger partial charge in [0.15, 0.2) is 0 Å². The molecule has 0 aromatic carbocycles. The molecule has 0 aromatic heterocycles. The molecule has 2 atom stereocenters. The number of amides is 1. The van der Waals surface area contributed by atoms with Gasteiger partial charge in [0, 0.05) is 13.1 Å². The van der Waals surface area contributed by atoms with Gasteiger partial charge >= 0.3 is 0 Å². The van der Waals surface area contributed by atoms with Crippen molar-refractivity contribution in [1.29, 1.82) is 0 Å². The van der Waals surface area contributed by atoms with Crippen LogP contribution in [-0.2, 0) is 9.53 Å². The smallest absolute Gasteiger partial charge is 0.251 e. The lowest BCUT2D eigenvalue weighted by Crippen LogP contribution is -2.46. The Morgan fingerprint density at radius 2 is 1.78 bits per heavy atom. The van der Waals surface area contributed by atoms with E-state index in [1.807, 2.05) is 0 Å². The summed E-state index contributed by atoms with van der Waals surface area (Å²) in [5, 5.41) is 0. The van der Waals surface area contributed by atoms with Crippen molar-refractivity contribution in [3.05, 3.63) is 0 Å². The molecule has 3 rings (SSSR count). The minimum Gasteiger partial charge on any atom is -0.365 e. The van der Waals surface area contributed by atoms with E-state index in [0.717, 1.165) is 25.9 Å². The van der Waals surface area contributed by atoms with Crippen molar-refractivity contribution in [2.45, 2.75) is 70.5 Å². The van der Waals surface area contributed by atoms with Gasteiger partial charge in [-0.05, 0) is 50.9 Å². The van der Waals surface area contributed by atoms with E-state index in [0.29, 0.717) is 5.41 Å². The second kappa shape index (κ2) is 4.84. The van der Waals surface area contributed by atoms with Gasteiger partial charge in [0.1, 0.15) is 6.10 Å². The molecule has 3 heteroatoms. The van der Waals surface area contributed by atoms with Gasteiger partial charge in [0.2, 0.25) is 0 Å². The summed E-state index contributed by atoms with van der Waals surface area (Å²) < 4.78 is 5.70. The molecule has 1 aliphatic carbocycles. The van der Waals surface area contributed by atoms with Gasteiger partial charge in [-0.2, -0.15) is 0 Å². The highest BCUT2D eigenvalue weighted by Crippen LogP contribution is 2.46. The fourth-order valence-corrected chi connectivity index (χ4v) is 4.01. The van der Waals surface area contributed by atoms with E-state index >= 15 is 0 Å². The highest BCUT2D eigenvalue weighted by Gasteiger charge is 2.40. The first kappa shape index (κ1) is 12.5. The molecular weight excluding hydrogens is 226 g/mol. The zero-order valence-corrected chi connectivity index (χ0v) is 11.5. The van der Waals surface area contributed by atoms with Gasteiger partial charge in [-0.15, -0.1) is 0 Å². The third-order valence-corrected chi connectivity index (χ3v) is 5.31. The second-order valence-electron chi connectivity index (χ2n) is 6.55. The van der Waals surface area contributed by atoms with Crippen LogP contribution in [0.25, 0.3) is 0 Å². The van der Waals surface area contributed by atoms with Crippen LogP contribution in [0, 0.1) is 5.41 Å². The number of carbonyl (C=O) groups is 1. The summed E-state index contributed by atoms with van der Waals surface area (Å²) in [6.07, 6.45) is 10.1. The number of piperidine rings is 1. The number of likely N-dealkylation sites (tertiary alicyclic amines) is 1. The van der Waals surface area contributed by atoms with E-state index in [1.54, 1.807) is 0 Å². The number of hydrogen-bond donors (Lipinski definition) is 0. The average Bonchev–Trinajstić information content (AvgIpc) is 3.00. The van der Waals surface area contributed by atoms with Crippen LogP contribution in [0.2, 0.25) is 0 Å². The molecule has 0 N–H and O–H groups in total. The van der Waals surface area contributed by atoms with Crippen molar-refractivity contribution in [2.24, 2.45) is 5.41 Å². The van der Waals surface area contributed by atoms with Crippen LogP contribution in [0.1, 0.15) is 58.3 Å². The van der Waals surface area contributed by atoms with Gasteiger partial charge in [-0.1, -0.05) is 12.8 Å². The molecule has 0 unspecified atom stereocenters. The lowest BCUT2D eigenvalue weighted by atomic mass is 9.77. The van der Waals surface area contributed by atoms with E-state index < -0.39 is 0 Å². The van der Waals surface area contributed by atoms with E-state index in [9.17, 15) is 4.79 Å². The molecule has 2 aliphatic heterocycles. The lowest BCUT2D eigenvalue weighted by molar-refractivity contribution is -0.145. The number of carbonyl (C=O) groups excluding carboxylic acids is 1. The molecule has 2 saturated heterocycles. The predicted molar refractivity (Wildman–Crippen MR) is 70.3 cm³/mol. The zero-order chi connectivity index (χ0) is 12.6. The molecule has 0 radical (unpaired) electrons. The molecule has 102 valence electrons. The summed E-state index contributed by atoms with van der Waals surface area (Å²) in [6.45, 7) is 4.00. The maximum absolute atomic E-state index is 12.4. The summed E-state index contributed by atoms with van der Waals surface area (Å²) in [7, 11) is 0. The lowest BCUT2D eigenvalue weighted by Gasteiger charge is -2.40. The summed E-state index contributed by atoms with van der Waals surface area (Å²) in [4.78, 5) is 14.4. The van der Waals surface area contributed by atoms with E-state index in [2.05, 4.69) is 11.8 Å². The Bertz CT molecular complexity index is 312. The SMILES string of the molecule is C[C@@H]1CC[C@@H](C(=O)N2CCC3(CCCC3)CC2)O1. The van der Waals surface area contributed by atoms with Crippen LogP contribution in [0.3, 0.4) is 0 Å². The molecule has 1 spiro atoms. The normalized spacial score (nSPS) is 35.3. The van der Waals surface area contributed by atoms with E-state index in [4.69, 9.17) is 4.74 Å². The Morgan fingerprint density at radius 1 is 1.11 bits per heavy atom. The number of hydrogen-bond acceptors (Lipinski definition) is 2. The summed E-state index contributed by atoms with van der Waals surface area (Å²) in [5.74, 6) is 0.257. The number of nitrogens with zero attached hydrogens (tertiary/aromatic N) is 1. The maximum Gasteiger partial charge on any atom is 0.251 e. The standard InChI is InChI=1S/C15H25NO2/c1-12-4-5-13(18-12)14(17)16-10-8-15(9-11-16)6-2-3-7-15/h12-13H,2-11H2,1H3/t12-,13+/m1/s1. The Labute approximate surface area is 110 Å². The van der Waals surface area contributed by atoms with Crippen LogP contribution in [0.15, 0.2) is 0 Å². The molecule has 3 aliphatic rings. The van der Waals surface area contributed by atoms with Crippen LogP contribution in [-0.4, -0.2) is 36.1 Å². The first-order chi connectivity index (χ1) is 8.69. The quantitative estimate of drug-likeness (QED) is 0.717. The molecule has 0 bridgehead atoms. The third-order valence-electron chi connectivity index (χ3n) is 5.31. The Morgan fingerprint density at radius 3 is 2.33 bits per heavy atom. The molecule has 1 amide bonds. The number of ether oxygens (including phenoxy) is 1. The Kier molecular flexibility index (Phi) is 3.35. The molecule has 2 heterocycles. The molecular formula is C15H25NO2. The highest BCUT2D eigenvalue weighted by molar-refractivity contribution is 5.81. The molecule has 3 fully saturated rings. The third kappa shape index (κ3) is 2.29. The van der Waals surface area contributed by atoms with Crippen LogP contribution >= 0.6 is 0 Å². The van der Waals surface area contributed by atoms with Crippen molar-refractivity contribution in [1.82, 2.24) is 4.90 Å². The van der Waals surface area contributed by atoms with E-state index in [-0.39, 0.29) is 18.1 Å². The van der Waals surface area contributed by atoms with Crippen molar-refractivity contribution in [3.8, 4) is 0 Å². The minimum absolute atomic E-state index is 0.141. The number of rotatable bonds is 1. The molecule has 18 heavy (non-hydrogen) atoms. The Balaban J connectivity index is 1.54. The first-order valence-electron chi connectivity index (χ1n) is 7.63. The zero-order valence-electron chi connectivity index (χ0n) is 11.5. The van der Waals surface area contributed by atoms with Gasteiger partial charge < -0.3 is 9.64 Å². The fourth-order valence-electron chi connectivity index (χ4n) is 4.01. The van der Waals surface area contributed by atoms with Crippen LogP contribution < -0.4 is 0 Å². The van der Waals surface area contributed by atoms with Gasteiger partial charge in [-0.3, -0.25) is 4.79 Å². The summed E-state index contributed by atoms with van der Waals surface area (Å²) in [6, 6.07) is 0. The van der Waals surface area contributed by atoms with Gasteiger partial charge in [-0.25, -0.2) is 0 Å². The van der Waals surface area contributed by atoms with Crippen LogP contribution in [0.4, 0.5) is 0 Å². The largest absolute Gasteiger partial charge is 0.365 e. The second-order valence-corrected chi connectivity index (χ2v) is 6.55. The van der Waals surface area contributed by atoms with Crippen LogP contribution in [0.5, 0.6) is 0 Å². The topological polar surface area (TPSA) is 29.5 Å². The highest BCUT2D eigenvalue weighted by atomic mass is 16.5. The monoisotopic (exact) mass is 251 g/mol. The summed E-state index contributed by atoms with van der Waals surface area (Å²) in [5.41, 5.74) is 0.598. The van der Waals surface area contributed by atoms with Crippen molar-refractivity contribution < 1.29 is 9.53 Å². The van der Waals surface area contributed by atoms with E-state index in [1.165, 1.54) is 38.5 Å². The first-order valence-corrected chi connectivity index (χ1v) is 7.63. The van der Waals surface area contributed by atoms with Crippen molar-refractivity contribution in [3.63, 3.8) is 0 Å². The van der Waals surface area contributed by atoms with Crippen molar-refractivity contribution >= 4 is 5.91 Å².